The third kappa shape index (κ3) is 3.66. The van der Waals surface area contributed by atoms with Gasteiger partial charge in [-0.3, -0.25) is 0 Å². The van der Waals surface area contributed by atoms with Gasteiger partial charge in [0, 0.05) is 23.7 Å². The summed E-state index contributed by atoms with van der Waals surface area (Å²) in [4.78, 5) is 2.25. The second-order valence-corrected chi connectivity index (χ2v) is 6.15. The first-order chi connectivity index (χ1) is 11.7. The Morgan fingerprint density at radius 1 is 0.625 bits per heavy atom. The van der Waals surface area contributed by atoms with E-state index < -0.39 is 0 Å². The van der Waals surface area contributed by atoms with Gasteiger partial charge in [-0.2, -0.15) is 0 Å². The third-order valence-corrected chi connectivity index (χ3v) is 4.18. The summed E-state index contributed by atoms with van der Waals surface area (Å²) in [5.74, 6) is 0. The zero-order chi connectivity index (χ0) is 16.9. The molecule has 3 aromatic rings. The van der Waals surface area contributed by atoms with Crippen LogP contribution in [0.5, 0.6) is 0 Å². The molecule has 0 bridgehead atoms. The average molecular weight is 317 g/mol. The van der Waals surface area contributed by atoms with E-state index in [-0.39, 0.29) is 6.61 Å². The molecule has 3 rings (SSSR count). The number of nitrogens with zero attached hydrogens (tertiary/aromatic N) is 1. The lowest BCUT2D eigenvalue weighted by Crippen LogP contribution is -2.10. The highest BCUT2D eigenvalue weighted by molar-refractivity contribution is 5.76. The molecule has 0 fully saturated rings. The predicted octanol–water partition coefficient (Wildman–Crippen LogP) is 5.31. The zero-order valence-corrected chi connectivity index (χ0v) is 14.2. The molecule has 0 aromatic heterocycles. The van der Waals surface area contributed by atoms with Crippen LogP contribution in [0.4, 0.5) is 17.1 Å². The smallest absolute Gasteiger partial charge is 0.0471 e. The topological polar surface area (TPSA) is 23.5 Å². The molecule has 0 saturated heterocycles. The Morgan fingerprint density at radius 2 is 1.00 bits per heavy atom. The fourth-order valence-electron chi connectivity index (χ4n) is 2.78. The summed E-state index contributed by atoms with van der Waals surface area (Å²) < 4.78 is 0. The van der Waals surface area contributed by atoms with Crippen molar-refractivity contribution in [2.45, 2.75) is 20.3 Å². The van der Waals surface area contributed by atoms with Gasteiger partial charge in [0.25, 0.3) is 0 Å². The van der Waals surface area contributed by atoms with Crippen molar-refractivity contribution in [3.63, 3.8) is 0 Å². The zero-order valence-electron chi connectivity index (χ0n) is 14.2. The van der Waals surface area contributed by atoms with E-state index in [1.807, 2.05) is 0 Å². The van der Waals surface area contributed by atoms with Crippen LogP contribution in [0.1, 0.15) is 16.7 Å². The van der Waals surface area contributed by atoms with Crippen molar-refractivity contribution in [1.82, 2.24) is 0 Å². The standard InChI is InChI=1S/C22H23NO/c1-17-3-9-20(10-4-17)23(21-11-5-18(2)6-12-21)22-13-7-19(8-14-22)15-16-24/h3-14,24H,15-16H2,1-2H3. The van der Waals surface area contributed by atoms with Crippen LogP contribution in [0.15, 0.2) is 72.8 Å². The van der Waals surface area contributed by atoms with Gasteiger partial charge < -0.3 is 10.0 Å². The highest BCUT2D eigenvalue weighted by atomic mass is 16.2. The largest absolute Gasteiger partial charge is 0.396 e. The van der Waals surface area contributed by atoms with Crippen LogP contribution >= 0.6 is 0 Å². The molecule has 122 valence electrons. The lowest BCUT2D eigenvalue weighted by atomic mass is 10.1. The Morgan fingerprint density at radius 3 is 1.38 bits per heavy atom. The predicted molar refractivity (Wildman–Crippen MR) is 101 cm³/mol. The minimum absolute atomic E-state index is 0.180. The Hall–Kier alpha value is -2.58. The van der Waals surface area contributed by atoms with Crippen molar-refractivity contribution in [2.75, 3.05) is 11.5 Å². The molecule has 2 nitrogen and oxygen atoms in total. The van der Waals surface area contributed by atoms with Crippen LogP contribution in [0.25, 0.3) is 0 Å². The number of aryl methyl sites for hydroxylation is 2. The maximum absolute atomic E-state index is 9.10. The lowest BCUT2D eigenvalue weighted by Gasteiger charge is -2.26. The number of aliphatic hydroxyl groups is 1. The summed E-state index contributed by atoms with van der Waals surface area (Å²) in [6, 6.07) is 25.5. The first-order valence-electron chi connectivity index (χ1n) is 8.30. The SMILES string of the molecule is Cc1ccc(N(c2ccc(C)cc2)c2ccc(CCO)cc2)cc1. The highest BCUT2D eigenvalue weighted by Crippen LogP contribution is 2.34. The van der Waals surface area contributed by atoms with Gasteiger partial charge in [0.15, 0.2) is 0 Å². The highest BCUT2D eigenvalue weighted by Gasteiger charge is 2.12. The van der Waals surface area contributed by atoms with Crippen molar-refractivity contribution >= 4 is 17.1 Å². The first-order valence-corrected chi connectivity index (χ1v) is 8.30. The number of rotatable bonds is 5. The van der Waals surface area contributed by atoms with Crippen LogP contribution < -0.4 is 4.90 Å². The van der Waals surface area contributed by atoms with Gasteiger partial charge >= 0.3 is 0 Å². The molecule has 2 heteroatoms. The van der Waals surface area contributed by atoms with E-state index in [4.69, 9.17) is 5.11 Å². The molecule has 0 saturated carbocycles. The second kappa shape index (κ2) is 7.33. The number of hydrogen-bond donors (Lipinski definition) is 1. The molecular formula is C22H23NO. The minimum atomic E-state index is 0.180. The summed E-state index contributed by atoms with van der Waals surface area (Å²) in [5.41, 5.74) is 7.04. The van der Waals surface area contributed by atoms with Gasteiger partial charge in [-0.25, -0.2) is 0 Å². The van der Waals surface area contributed by atoms with Gasteiger partial charge in [-0.1, -0.05) is 47.5 Å². The van der Waals surface area contributed by atoms with Crippen LogP contribution in [-0.2, 0) is 6.42 Å². The fourth-order valence-corrected chi connectivity index (χ4v) is 2.78. The number of hydrogen-bond acceptors (Lipinski definition) is 2. The maximum Gasteiger partial charge on any atom is 0.0471 e. The van der Waals surface area contributed by atoms with E-state index in [1.165, 1.54) is 11.1 Å². The molecule has 0 amide bonds. The van der Waals surface area contributed by atoms with E-state index in [0.717, 1.165) is 22.6 Å². The Balaban J connectivity index is 2.04. The van der Waals surface area contributed by atoms with Gasteiger partial charge in [0.2, 0.25) is 0 Å². The quantitative estimate of drug-likeness (QED) is 0.689. The molecule has 0 spiro atoms. The van der Waals surface area contributed by atoms with E-state index >= 15 is 0 Å². The molecule has 0 heterocycles. The Kier molecular flexibility index (Phi) is 4.97. The van der Waals surface area contributed by atoms with Crippen molar-refractivity contribution in [1.29, 1.82) is 0 Å². The lowest BCUT2D eigenvalue weighted by molar-refractivity contribution is 0.299. The van der Waals surface area contributed by atoms with Gasteiger partial charge in [0.1, 0.15) is 0 Å². The molecule has 0 radical (unpaired) electrons. The Labute approximate surface area is 144 Å². The van der Waals surface area contributed by atoms with Crippen LogP contribution in [0.2, 0.25) is 0 Å². The summed E-state index contributed by atoms with van der Waals surface area (Å²) in [6.07, 6.45) is 0.690. The van der Waals surface area contributed by atoms with Gasteiger partial charge in [-0.15, -0.1) is 0 Å². The van der Waals surface area contributed by atoms with Crippen molar-refractivity contribution in [3.05, 3.63) is 89.5 Å². The first kappa shape index (κ1) is 16.3. The third-order valence-electron chi connectivity index (χ3n) is 4.18. The molecule has 0 aliphatic carbocycles. The molecule has 0 unspecified atom stereocenters. The van der Waals surface area contributed by atoms with Gasteiger partial charge in [0.05, 0.1) is 0 Å². The van der Waals surface area contributed by atoms with Crippen molar-refractivity contribution < 1.29 is 5.11 Å². The molecule has 0 atom stereocenters. The van der Waals surface area contributed by atoms with Crippen molar-refractivity contribution in [3.8, 4) is 0 Å². The summed E-state index contributed by atoms with van der Waals surface area (Å²) in [5, 5.41) is 9.10. The van der Waals surface area contributed by atoms with Gasteiger partial charge in [-0.05, 0) is 62.2 Å². The second-order valence-electron chi connectivity index (χ2n) is 6.15. The monoisotopic (exact) mass is 317 g/mol. The fraction of sp³-hybridized carbons (Fsp3) is 0.182. The molecule has 1 N–H and O–H groups in total. The van der Waals surface area contributed by atoms with E-state index in [0.29, 0.717) is 6.42 Å². The normalized spacial score (nSPS) is 10.6. The van der Waals surface area contributed by atoms with Crippen LogP contribution in [0.3, 0.4) is 0 Å². The molecule has 0 aliphatic rings. The summed E-state index contributed by atoms with van der Waals surface area (Å²) in [7, 11) is 0. The molecular weight excluding hydrogens is 294 g/mol. The molecule has 0 aliphatic heterocycles. The van der Waals surface area contributed by atoms with Crippen molar-refractivity contribution in [2.24, 2.45) is 0 Å². The Bertz CT molecular complexity index is 728. The van der Waals surface area contributed by atoms with Crippen LogP contribution in [-0.4, -0.2) is 11.7 Å². The summed E-state index contributed by atoms with van der Waals surface area (Å²) >= 11 is 0. The minimum Gasteiger partial charge on any atom is -0.396 e. The van der Waals surface area contributed by atoms with E-state index in [9.17, 15) is 0 Å². The van der Waals surface area contributed by atoms with E-state index in [1.54, 1.807) is 0 Å². The summed E-state index contributed by atoms with van der Waals surface area (Å²) in [6.45, 7) is 4.38. The maximum atomic E-state index is 9.10. The average Bonchev–Trinajstić information content (AvgIpc) is 2.60. The molecule has 3 aromatic carbocycles. The molecule has 24 heavy (non-hydrogen) atoms. The van der Waals surface area contributed by atoms with E-state index in [2.05, 4.69) is 91.5 Å². The number of aliphatic hydroxyl groups excluding tert-OH is 1. The number of anilines is 3. The van der Waals surface area contributed by atoms with Crippen LogP contribution in [0, 0.1) is 13.8 Å². The number of benzene rings is 3.